The van der Waals surface area contributed by atoms with Crippen molar-refractivity contribution in [2.24, 2.45) is 0 Å². The number of rotatable bonds is 3. The van der Waals surface area contributed by atoms with Crippen molar-refractivity contribution in [3.8, 4) is 0 Å². The number of hydrogen-bond acceptors (Lipinski definition) is 5. The second-order valence-electron chi connectivity index (χ2n) is 6.94. The Morgan fingerprint density at radius 3 is 2.41 bits per heavy atom. The largest absolute Gasteiger partial charge is 0.416 e. The van der Waals surface area contributed by atoms with Crippen LogP contribution < -0.4 is 4.90 Å². The van der Waals surface area contributed by atoms with Gasteiger partial charge < -0.3 is 0 Å². The van der Waals surface area contributed by atoms with Gasteiger partial charge in [0, 0.05) is 0 Å². The van der Waals surface area contributed by atoms with Crippen molar-refractivity contribution in [1.82, 2.24) is 4.90 Å². The first-order chi connectivity index (χ1) is 15.1. The summed E-state index contributed by atoms with van der Waals surface area (Å²) in [4.78, 5) is 40.2. The highest BCUT2D eigenvalue weighted by molar-refractivity contribution is 8.26. The first-order valence-electron chi connectivity index (χ1n) is 9.13. The molecule has 11 heteroatoms. The van der Waals surface area contributed by atoms with Crippen molar-refractivity contribution in [3.63, 3.8) is 0 Å². The smallest absolute Gasteiger partial charge is 0.280 e. The monoisotopic (exact) mass is 480 g/mol. The van der Waals surface area contributed by atoms with Crippen molar-refractivity contribution in [3.05, 3.63) is 70.4 Å². The average molecular weight is 480 g/mol. The highest BCUT2D eigenvalue weighted by atomic mass is 32.2. The van der Waals surface area contributed by atoms with E-state index in [0.717, 1.165) is 28.8 Å². The minimum atomic E-state index is -4.65. The molecule has 4 rings (SSSR count). The minimum Gasteiger partial charge on any atom is -0.280 e. The molecule has 0 unspecified atom stereocenters. The molecule has 2 aliphatic rings. The fraction of sp³-hybridized carbons (Fsp3) is 0.143. The van der Waals surface area contributed by atoms with Crippen LogP contribution in [0.15, 0.2) is 53.4 Å². The van der Waals surface area contributed by atoms with Crippen LogP contribution in [0.25, 0.3) is 6.08 Å². The van der Waals surface area contributed by atoms with Crippen LogP contribution in [0.5, 0.6) is 0 Å². The molecule has 2 aromatic carbocycles. The summed E-state index contributed by atoms with van der Waals surface area (Å²) < 4.78 is 52.2. The predicted octanol–water partition coefficient (Wildman–Crippen LogP) is 4.38. The van der Waals surface area contributed by atoms with Crippen LogP contribution in [0.4, 0.5) is 23.2 Å². The van der Waals surface area contributed by atoms with Gasteiger partial charge in [-0.1, -0.05) is 42.2 Å². The lowest BCUT2D eigenvalue weighted by Gasteiger charge is -2.21. The Kier molecular flexibility index (Phi) is 5.63. The Labute approximate surface area is 188 Å². The number of alkyl halides is 3. The van der Waals surface area contributed by atoms with E-state index in [1.165, 1.54) is 36.4 Å². The lowest BCUT2D eigenvalue weighted by Crippen LogP contribution is -2.44. The van der Waals surface area contributed by atoms with Gasteiger partial charge in [-0.25, -0.2) is 9.29 Å². The van der Waals surface area contributed by atoms with Crippen LogP contribution in [-0.2, 0) is 20.6 Å². The maximum absolute atomic E-state index is 13.1. The summed E-state index contributed by atoms with van der Waals surface area (Å²) in [7, 11) is 0. The molecule has 5 nitrogen and oxygen atoms in total. The number of anilines is 1. The summed E-state index contributed by atoms with van der Waals surface area (Å²) in [6.07, 6.45) is -3.58. The van der Waals surface area contributed by atoms with E-state index in [1.807, 2.05) is 0 Å². The van der Waals surface area contributed by atoms with Crippen molar-refractivity contribution in [1.29, 1.82) is 0 Å². The van der Waals surface area contributed by atoms with Gasteiger partial charge in [0.15, 0.2) is 0 Å². The van der Waals surface area contributed by atoms with Gasteiger partial charge in [-0.15, -0.1) is 0 Å². The van der Waals surface area contributed by atoms with E-state index >= 15 is 0 Å². The van der Waals surface area contributed by atoms with Crippen LogP contribution in [0.2, 0.25) is 0 Å². The van der Waals surface area contributed by atoms with E-state index in [1.54, 1.807) is 0 Å². The third-order valence-corrected chi connectivity index (χ3v) is 6.19. The zero-order valence-corrected chi connectivity index (χ0v) is 17.6. The standard InChI is InChI=1S/C21H12F4N2O3S2/c22-13-6-4-11(5-7-13)8-16-19(30)27(20(31)32-16)15-10-17(28)26(18(15)29)14-3-1-2-12(9-14)21(23,24)25/h1-9,15H,10H2/b16-8-/t15-/m0/s1. The molecule has 0 spiro atoms. The number of imide groups is 1. The second-order valence-corrected chi connectivity index (χ2v) is 8.61. The summed E-state index contributed by atoms with van der Waals surface area (Å²) in [5.41, 5.74) is -0.706. The lowest BCUT2D eigenvalue weighted by atomic mass is 10.1. The molecule has 0 aliphatic carbocycles. The second kappa shape index (κ2) is 8.14. The molecular weight excluding hydrogens is 468 g/mol. The first kappa shape index (κ1) is 22.2. The van der Waals surface area contributed by atoms with Gasteiger partial charge in [0.05, 0.1) is 22.6 Å². The Balaban J connectivity index is 1.60. The molecule has 2 aliphatic heterocycles. The molecule has 2 fully saturated rings. The number of carbonyl (C=O) groups excluding carboxylic acids is 3. The van der Waals surface area contributed by atoms with Gasteiger partial charge in [-0.3, -0.25) is 19.3 Å². The molecule has 0 saturated carbocycles. The molecule has 0 N–H and O–H groups in total. The van der Waals surface area contributed by atoms with Gasteiger partial charge in [0.25, 0.3) is 11.8 Å². The fourth-order valence-electron chi connectivity index (χ4n) is 3.37. The van der Waals surface area contributed by atoms with Crippen LogP contribution in [0.3, 0.4) is 0 Å². The Morgan fingerprint density at radius 2 is 1.75 bits per heavy atom. The van der Waals surface area contributed by atoms with Gasteiger partial charge in [-0.2, -0.15) is 13.2 Å². The summed E-state index contributed by atoms with van der Waals surface area (Å²) in [6, 6.07) is 7.94. The first-order valence-corrected chi connectivity index (χ1v) is 10.4. The maximum Gasteiger partial charge on any atom is 0.416 e. The number of amides is 3. The Bertz CT molecular complexity index is 1180. The maximum atomic E-state index is 13.1. The molecule has 3 amide bonds. The number of thiocarbonyl (C=S) groups is 1. The molecular formula is C21H12F4N2O3S2. The topological polar surface area (TPSA) is 57.7 Å². The highest BCUT2D eigenvalue weighted by Crippen LogP contribution is 2.38. The molecule has 2 saturated heterocycles. The number of thioether (sulfide) groups is 1. The third-order valence-electron chi connectivity index (χ3n) is 4.86. The van der Waals surface area contributed by atoms with Crippen molar-refractivity contribution >= 4 is 57.8 Å². The molecule has 164 valence electrons. The van der Waals surface area contributed by atoms with Gasteiger partial charge >= 0.3 is 6.18 Å². The highest BCUT2D eigenvalue weighted by Gasteiger charge is 2.49. The van der Waals surface area contributed by atoms with Gasteiger partial charge in [0.2, 0.25) is 5.91 Å². The Morgan fingerprint density at radius 1 is 1.06 bits per heavy atom. The molecule has 1 atom stereocenters. The quantitative estimate of drug-likeness (QED) is 0.283. The van der Waals surface area contributed by atoms with E-state index in [4.69, 9.17) is 12.2 Å². The zero-order valence-electron chi connectivity index (χ0n) is 15.9. The molecule has 32 heavy (non-hydrogen) atoms. The zero-order chi connectivity index (χ0) is 23.2. The normalized spacial score (nSPS) is 20.8. The minimum absolute atomic E-state index is 0.0420. The summed E-state index contributed by atoms with van der Waals surface area (Å²) in [6.45, 7) is 0. The van der Waals surface area contributed by atoms with E-state index in [2.05, 4.69) is 0 Å². The molecule has 0 radical (unpaired) electrons. The number of halogens is 4. The summed E-state index contributed by atoms with van der Waals surface area (Å²) in [5, 5.41) is 0. The van der Waals surface area contributed by atoms with E-state index < -0.39 is 47.7 Å². The molecule has 0 aromatic heterocycles. The summed E-state index contributed by atoms with van der Waals surface area (Å²) >= 11 is 6.14. The van der Waals surface area contributed by atoms with Gasteiger partial charge in [0.1, 0.15) is 16.2 Å². The Hall–Kier alpha value is -3.05. The molecule has 2 aromatic rings. The lowest BCUT2D eigenvalue weighted by molar-refractivity contribution is -0.137. The fourth-order valence-corrected chi connectivity index (χ4v) is 4.73. The molecule has 2 heterocycles. The van der Waals surface area contributed by atoms with Gasteiger partial charge in [-0.05, 0) is 42.0 Å². The van der Waals surface area contributed by atoms with Crippen molar-refractivity contribution in [2.45, 2.75) is 18.6 Å². The van der Waals surface area contributed by atoms with E-state index in [-0.39, 0.29) is 14.9 Å². The predicted molar refractivity (Wildman–Crippen MR) is 114 cm³/mol. The third kappa shape index (κ3) is 4.05. The van der Waals surface area contributed by atoms with Crippen molar-refractivity contribution in [2.75, 3.05) is 4.90 Å². The SMILES string of the molecule is O=C1C[C@H](N2C(=O)/C(=C/c3ccc(F)cc3)SC2=S)C(=O)N1c1cccc(C(F)(F)F)c1. The summed E-state index contributed by atoms with van der Waals surface area (Å²) in [5.74, 6) is -2.63. The van der Waals surface area contributed by atoms with Crippen LogP contribution in [-0.4, -0.2) is 33.0 Å². The van der Waals surface area contributed by atoms with Crippen molar-refractivity contribution < 1.29 is 31.9 Å². The van der Waals surface area contributed by atoms with E-state index in [9.17, 15) is 31.9 Å². The van der Waals surface area contributed by atoms with Crippen LogP contribution in [0.1, 0.15) is 17.5 Å². The number of hydrogen-bond donors (Lipinski definition) is 0. The van der Waals surface area contributed by atoms with Crippen LogP contribution >= 0.6 is 24.0 Å². The average Bonchev–Trinajstić information content (AvgIpc) is 3.17. The number of carbonyl (C=O) groups is 3. The number of nitrogens with zero attached hydrogens (tertiary/aromatic N) is 2. The van der Waals surface area contributed by atoms with Crippen LogP contribution in [0, 0.1) is 5.82 Å². The molecule has 0 bridgehead atoms. The van der Waals surface area contributed by atoms with E-state index in [0.29, 0.717) is 16.5 Å². The number of benzene rings is 2.